The van der Waals surface area contributed by atoms with E-state index in [2.05, 4.69) is 45.1 Å². The van der Waals surface area contributed by atoms with Gasteiger partial charge in [0.25, 0.3) is 5.91 Å². The highest BCUT2D eigenvalue weighted by Gasteiger charge is 2.30. The molecule has 6 nitrogen and oxygen atoms in total. The lowest BCUT2D eigenvalue weighted by atomic mass is 10.0. The molecule has 2 atom stereocenters. The number of hydrogen-bond donors (Lipinski definition) is 1. The number of aromatic nitrogens is 4. The summed E-state index contributed by atoms with van der Waals surface area (Å²) in [6.07, 6.45) is 5.13. The largest absolute Gasteiger partial charge is 0.335 e. The number of nitrogens with one attached hydrogen (secondary N) is 1. The first-order valence-corrected chi connectivity index (χ1v) is 9.34. The van der Waals surface area contributed by atoms with Crippen LogP contribution in [-0.2, 0) is 0 Å². The van der Waals surface area contributed by atoms with E-state index in [9.17, 15) is 4.79 Å². The lowest BCUT2D eigenvalue weighted by Crippen LogP contribution is -2.29. The van der Waals surface area contributed by atoms with Crippen molar-refractivity contribution in [3.05, 3.63) is 33.8 Å². The summed E-state index contributed by atoms with van der Waals surface area (Å²) < 4.78 is 2.97. The molecule has 2 aromatic heterocycles. The number of aromatic amines is 1. The first-order chi connectivity index (χ1) is 11.5. The van der Waals surface area contributed by atoms with Gasteiger partial charge in [-0.3, -0.25) is 14.6 Å². The van der Waals surface area contributed by atoms with Crippen molar-refractivity contribution in [2.75, 3.05) is 13.1 Å². The van der Waals surface area contributed by atoms with Crippen LogP contribution in [0.5, 0.6) is 0 Å². The van der Waals surface area contributed by atoms with Gasteiger partial charge in [0.05, 0.1) is 16.2 Å². The van der Waals surface area contributed by atoms with E-state index in [0.717, 1.165) is 41.7 Å². The van der Waals surface area contributed by atoms with Gasteiger partial charge >= 0.3 is 0 Å². The van der Waals surface area contributed by atoms with Crippen LogP contribution in [0.4, 0.5) is 0 Å². The number of carbonyl (C=O) groups excluding carboxylic acids is 1. The fourth-order valence-corrected chi connectivity index (χ4v) is 3.53. The summed E-state index contributed by atoms with van der Waals surface area (Å²) in [5.41, 5.74) is 2.54. The minimum Gasteiger partial charge on any atom is -0.335 e. The van der Waals surface area contributed by atoms with E-state index in [1.165, 1.54) is 0 Å². The van der Waals surface area contributed by atoms with Crippen molar-refractivity contribution in [1.29, 1.82) is 0 Å². The quantitative estimate of drug-likeness (QED) is 0.842. The highest BCUT2D eigenvalue weighted by molar-refractivity contribution is 9.10. The molecule has 0 saturated carbocycles. The zero-order chi connectivity index (χ0) is 17.3. The van der Waals surface area contributed by atoms with Crippen LogP contribution in [0.2, 0.25) is 0 Å². The van der Waals surface area contributed by atoms with Crippen LogP contribution >= 0.6 is 15.9 Å². The highest BCUT2D eigenvalue weighted by Crippen LogP contribution is 2.26. The number of likely N-dealkylation sites (tertiary alicyclic amines) is 1. The summed E-state index contributed by atoms with van der Waals surface area (Å²) in [5, 5.41) is 11.8. The van der Waals surface area contributed by atoms with Crippen LogP contribution in [0.15, 0.2) is 16.7 Å². The molecule has 0 bridgehead atoms. The molecule has 24 heavy (non-hydrogen) atoms. The second-order valence-corrected chi connectivity index (χ2v) is 7.49. The standard InChI is InChI=1S/C17H24BrN5O/c1-4-5-11(2)15-8-16(20-19-15)17(24)22-7-6-13(9-22)23-10-14(18)12(3)21-23/h8,10-11,13H,4-7,9H2,1-3H3,(H,19,20). The molecule has 1 aliphatic rings. The van der Waals surface area contributed by atoms with E-state index in [4.69, 9.17) is 0 Å². The topological polar surface area (TPSA) is 66.8 Å². The van der Waals surface area contributed by atoms with Crippen LogP contribution in [0.25, 0.3) is 0 Å². The molecule has 2 unspecified atom stereocenters. The summed E-state index contributed by atoms with van der Waals surface area (Å²) in [5.74, 6) is 0.409. The minimum absolute atomic E-state index is 0.00615. The number of hydrogen-bond acceptors (Lipinski definition) is 3. The molecule has 0 aromatic carbocycles. The van der Waals surface area contributed by atoms with E-state index in [1.54, 1.807) is 0 Å². The fraction of sp³-hybridized carbons (Fsp3) is 0.588. The summed E-state index contributed by atoms with van der Waals surface area (Å²) in [4.78, 5) is 14.6. The maximum atomic E-state index is 12.7. The van der Waals surface area contributed by atoms with Crippen molar-refractivity contribution in [2.45, 2.75) is 52.0 Å². The molecule has 1 amide bonds. The fourth-order valence-electron chi connectivity index (χ4n) is 3.24. The van der Waals surface area contributed by atoms with Gasteiger partial charge in [0.15, 0.2) is 0 Å². The number of halogens is 1. The number of H-pyrrole nitrogens is 1. The molecule has 0 spiro atoms. The SMILES string of the molecule is CCCC(C)c1cc(C(=O)N2CCC(n3cc(Br)c(C)n3)C2)n[nH]1. The van der Waals surface area contributed by atoms with Gasteiger partial charge in [-0.05, 0) is 47.7 Å². The van der Waals surface area contributed by atoms with Gasteiger partial charge < -0.3 is 4.90 Å². The molecule has 3 heterocycles. The molecular weight excluding hydrogens is 370 g/mol. The Bertz CT molecular complexity index is 703. The van der Waals surface area contributed by atoms with Gasteiger partial charge in [0, 0.05) is 25.0 Å². The van der Waals surface area contributed by atoms with Crippen LogP contribution in [0.1, 0.15) is 66.9 Å². The zero-order valence-electron chi connectivity index (χ0n) is 14.4. The van der Waals surface area contributed by atoms with E-state index in [0.29, 0.717) is 18.2 Å². The Labute approximate surface area is 150 Å². The number of rotatable bonds is 5. The molecule has 7 heteroatoms. The summed E-state index contributed by atoms with van der Waals surface area (Å²) in [7, 11) is 0. The molecule has 1 fully saturated rings. The van der Waals surface area contributed by atoms with Gasteiger partial charge in [0.2, 0.25) is 0 Å². The molecule has 0 radical (unpaired) electrons. The lowest BCUT2D eigenvalue weighted by molar-refractivity contribution is 0.0781. The van der Waals surface area contributed by atoms with Crippen molar-refractivity contribution >= 4 is 21.8 Å². The molecule has 130 valence electrons. The Morgan fingerprint density at radius 3 is 3.00 bits per heavy atom. The molecule has 1 saturated heterocycles. The predicted octanol–water partition coefficient (Wildman–Crippen LogP) is 3.67. The van der Waals surface area contributed by atoms with Crippen molar-refractivity contribution in [1.82, 2.24) is 24.9 Å². The number of aryl methyl sites for hydroxylation is 1. The number of nitrogens with zero attached hydrogens (tertiary/aromatic N) is 4. The predicted molar refractivity (Wildman–Crippen MR) is 96.1 cm³/mol. The molecule has 1 N–H and O–H groups in total. The Morgan fingerprint density at radius 1 is 1.54 bits per heavy atom. The van der Waals surface area contributed by atoms with Crippen LogP contribution < -0.4 is 0 Å². The Balaban J connectivity index is 1.66. The monoisotopic (exact) mass is 393 g/mol. The Morgan fingerprint density at radius 2 is 2.33 bits per heavy atom. The van der Waals surface area contributed by atoms with E-state index < -0.39 is 0 Å². The maximum absolute atomic E-state index is 12.7. The maximum Gasteiger partial charge on any atom is 0.274 e. The number of amides is 1. The normalized spacial score (nSPS) is 19.0. The molecular formula is C17H24BrN5O. The van der Waals surface area contributed by atoms with Crippen molar-refractivity contribution in [3.63, 3.8) is 0 Å². The van der Waals surface area contributed by atoms with Crippen molar-refractivity contribution in [3.8, 4) is 0 Å². The van der Waals surface area contributed by atoms with Gasteiger partial charge in [-0.2, -0.15) is 10.2 Å². The molecule has 1 aliphatic heterocycles. The van der Waals surface area contributed by atoms with Gasteiger partial charge in [-0.1, -0.05) is 20.3 Å². The third-order valence-electron chi connectivity index (χ3n) is 4.75. The first kappa shape index (κ1) is 17.2. The highest BCUT2D eigenvalue weighted by atomic mass is 79.9. The smallest absolute Gasteiger partial charge is 0.274 e. The summed E-state index contributed by atoms with van der Waals surface area (Å²) in [6, 6.07) is 2.14. The third kappa shape index (κ3) is 3.41. The van der Waals surface area contributed by atoms with Gasteiger partial charge in [0.1, 0.15) is 5.69 Å². The summed E-state index contributed by atoms with van der Waals surface area (Å²) >= 11 is 3.49. The summed E-state index contributed by atoms with van der Waals surface area (Å²) in [6.45, 7) is 7.72. The van der Waals surface area contributed by atoms with Gasteiger partial charge in [-0.25, -0.2) is 0 Å². The van der Waals surface area contributed by atoms with Crippen LogP contribution in [-0.4, -0.2) is 43.9 Å². The lowest BCUT2D eigenvalue weighted by Gasteiger charge is -2.15. The Hall–Kier alpha value is -1.63. The Kier molecular flexibility index (Phi) is 5.08. The minimum atomic E-state index is 0.00615. The average molecular weight is 394 g/mol. The van der Waals surface area contributed by atoms with Crippen LogP contribution in [0, 0.1) is 6.92 Å². The second-order valence-electron chi connectivity index (χ2n) is 6.63. The average Bonchev–Trinajstić information content (AvgIpc) is 3.27. The van der Waals surface area contributed by atoms with E-state index >= 15 is 0 Å². The molecule has 0 aliphatic carbocycles. The van der Waals surface area contributed by atoms with Crippen molar-refractivity contribution in [2.24, 2.45) is 0 Å². The first-order valence-electron chi connectivity index (χ1n) is 8.55. The van der Waals surface area contributed by atoms with E-state index in [1.807, 2.05) is 28.8 Å². The van der Waals surface area contributed by atoms with Crippen molar-refractivity contribution < 1.29 is 4.79 Å². The van der Waals surface area contributed by atoms with Gasteiger partial charge in [-0.15, -0.1) is 0 Å². The van der Waals surface area contributed by atoms with E-state index in [-0.39, 0.29) is 11.9 Å². The second kappa shape index (κ2) is 7.09. The van der Waals surface area contributed by atoms with Crippen LogP contribution in [0.3, 0.4) is 0 Å². The molecule has 3 rings (SSSR count). The molecule has 2 aromatic rings. The zero-order valence-corrected chi connectivity index (χ0v) is 16.0. The third-order valence-corrected chi connectivity index (χ3v) is 5.53. The number of carbonyl (C=O) groups is 1.